The predicted octanol–water partition coefficient (Wildman–Crippen LogP) is 5.95. The van der Waals surface area contributed by atoms with Gasteiger partial charge in [-0.1, -0.05) is 102 Å². The van der Waals surface area contributed by atoms with Gasteiger partial charge in [0.2, 0.25) is 0 Å². The van der Waals surface area contributed by atoms with Crippen LogP contribution in [0.2, 0.25) is 0 Å². The largest absolute Gasteiger partial charge is 0.463 e. The molecular formula is C36H29N3O3S. The molecule has 0 amide bonds. The highest BCUT2D eigenvalue weighted by Crippen LogP contribution is 2.35. The van der Waals surface area contributed by atoms with E-state index in [2.05, 4.69) is 35.0 Å². The molecule has 3 heterocycles. The molecule has 1 atom stereocenters. The van der Waals surface area contributed by atoms with Gasteiger partial charge in [-0.2, -0.15) is 0 Å². The van der Waals surface area contributed by atoms with Crippen molar-refractivity contribution in [2.24, 2.45) is 4.99 Å². The molecular weight excluding hydrogens is 554 g/mol. The number of hydrogen-bond donors (Lipinski definition) is 0. The zero-order valence-corrected chi connectivity index (χ0v) is 24.7. The Bertz CT molecular complexity index is 2230. The zero-order valence-electron chi connectivity index (χ0n) is 23.9. The van der Waals surface area contributed by atoms with E-state index in [1.807, 2.05) is 85.8 Å². The van der Waals surface area contributed by atoms with Crippen molar-refractivity contribution in [2.75, 3.05) is 6.61 Å². The van der Waals surface area contributed by atoms with Crippen LogP contribution >= 0.6 is 11.3 Å². The molecule has 0 saturated heterocycles. The van der Waals surface area contributed by atoms with Gasteiger partial charge < -0.3 is 9.30 Å². The van der Waals surface area contributed by atoms with Crippen LogP contribution in [-0.2, 0) is 16.1 Å². The minimum atomic E-state index is -0.664. The van der Waals surface area contributed by atoms with Gasteiger partial charge in [-0.05, 0) is 47.9 Å². The summed E-state index contributed by atoms with van der Waals surface area (Å²) in [5, 5.41) is 3.08. The Balaban J connectivity index is 1.43. The monoisotopic (exact) mass is 583 g/mol. The van der Waals surface area contributed by atoms with E-state index in [0.29, 0.717) is 20.6 Å². The van der Waals surface area contributed by atoms with E-state index in [0.717, 1.165) is 39.3 Å². The Hall–Kier alpha value is -5.01. The highest BCUT2D eigenvalue weighted by molar-refractivity contribution is 7.07. The highest BCUT2D eigenvalue weighted by atomic mass is 32.1. The number of para-hydroxylation sites is 1. The number of nitrogens with zero attached hydrogens (tertiary/aromatic N) is 3. The van der Waals surface area contributed by atoms with E-state index in [9.17, 15) is 9.59 Å². The summed E-state index contributed by atoms with van der Waals surface area (Å²) in [6.45, 7) is 4.55. The van der Waals surface area contributed by atoms with E-state index in [-0.39, 0.29) is 12.2 Å². The molecule has 7 rings (SSSR count). The smallest absolute Gasteiger partial charge is 0.338 e. The molecule has 0 saturated carbocycles. The molecule has 0 bridgehead atoms. The van der Waals surface area contributed by atoms with Gasteiger partial charge in [0.25, 0.3) is 5.56 Å². The standard InChI is InChI=1S/C36H29N3O3S/c1-3-42-35(41)32-23(2)37-36-39(33(32)29-18-11-15-25-14-7-8-16-27(25)29)34(40)31(43-36)20-26-22-38(21-24-12-5-4-6-13-24)30-19-10-9-17-28(26)30/h4-20,22,33H,3,21H2,1-2H3/b31-20-. The average Bonchev–Trinajstić information content (AvgIpc) is 3.52. The van der Waals surface area contributed by atoms with Crippen molar-refractivity contribution in [3.63, 3.8) is 0 Å². The number of rotatable bonds is 6. The van der Waals surface area contributed by atoms with Crippen molar-refractivity contribution < 1.29 is 9.53 Å². The third kappa shape index (κ3) is 4.72. The Labute approximate surface area is 252 Å². The molecule has 1 aliphatic rings. The van der Waals surface area contributed by atoms with Gasteiger partial charge in [0, 0.05) is 29.2 Å². The summed E-state index contributed by atoms with van der Waals surface area (Å²) in [6.07, 6.45) is 4.06. The number of fused-ring (bicyclic) bond motifs is 3. The fourth-order valence-corrected chi connectivity index (χ4v) is 7.05. The van der Waals surface area contributed by atoms with Crippen LogP contribution in [0.25, 0.3) is 27.8 Å². The number of ether oxygens (including phenoxy) is 1. The molecule has 0 radical (unpaired) electrons. The van der Waals surface area contributed by atoms with Crippen LogP contribution in [-0.4, -0.2) is 21.7 Å². The Morgan fingerprint density at radius 3 is 2.47 bits per heavy atom. The van der Waals surface area contributed by atoms with E-state index < -0.39 is 12.0 Å². The van der Waals surface area contributed by atoms with E-state index in [1.165, 1.54) is 16.9 Å². The van der Waals surface area contributed by atoms with Crippen molar-refractivity contribution in [3.05, 3.63) is 151 Å². The van der Waals surface area contributed by atoms with Crippen LogP contribution in [0, 0.1) is 0 Å². The molecule has 0 spiro atoms. The second kappa shape index (κ2) is 11.0. The molecule has 4 aromatic carbocycles. The quantitative estimate of drug-likeness (QED) is 0.228. The fraction of sp³-hybridized carbons (Fsp3) is 0.139. The van der Waals surface area contributed by atoms with Crippen molar-refractivity contribution in [3.8, 4) is 0 Å². The molecule has 0 fully saturated rings. The third-order valence-corrected chi connectivity index (χ3v) is 8.92. The number of hydrogen-bond acceptors (Lipinski definition) is 5. The van der Waals surface area contributed by atoms with E-state index in [1.54, 1.807) is 11.5 Å². The molecule has 0 aliphatic carbocycles. The van der Waals surface area contributed by atoms with Crippen LogP contribution in [0.15, 0.2) is 124 Å². The van der Waals surface area contributed by atoms with Gasteiger partial charge in [-0.3, -0.25) is 9.36 Å². The number of thiazole rings is 1. The van der Waals surface area contributed by atoms with Gasteiger partial charge in [-0.15, -0.1) is 0 Å². The highest BCUT2D eigenvalue weighted by Gasteiger charge is 2.34. The van der Waals surface area contributed by atoms with Crippen LogP contribution in [0.5, 0.6) is 0 Å². The van der Waals surface area contributed by atoms with Crippen LogP contribution in [0.4, 0.5) is 0 Å². The van der Waals surface area contributed by atoms with E-state index in [4.69, 9.17) is 9.73 Å². The first-order valence-corrected chi connectivity index (χ1v) is 15.1. The van der Waals surface area contributed by atoms with Crippen molar-refractivity contribution in [1.82, 2.24) is 9.13 Å². The summed E-state index contributed by atoms with van der Waals surface area (Å²) in [5.41, 5.74) is 4.88. The minimum Gasteiger partial charge on any atom is -0.463 e. The van der Waals surface area contributed by atoms with Crippen LogP contribution in [0.3, 0.4) is 0 Å². The maximum absolute atomic E-state index is 14.3. The molecule has 1 aliphatic heterocycles. The summed E-state index contributed by atoms with van der Waals surface area (Å²) >= 11 is 1.35. The summed E-state index contributed by atoms with van der Waals surface area (Å²) < 4.78 is 9.94. The lowest BCUT2D eigenvalue weighted by Gasteiger charge is -2.25. The minimum absolute atomic E-state index is 0.184. The predicted molar refractivity (Wildman–Crippen MR) is 172 cm³/mol. The number of carbonyl (C=O) groups excluding carboxylic acids is 1. The van der Waals surface area contributed by atoms with Crippen molar-refractivity contribution >= 4 is 45.1 Å². The lowest BCUT2D eigenvalue weighted by molar-refractivity contribution is -0.139. The second-order valence-electron chi connectivity index (χ2n) is 10.6. The molecule has 7 heteroatoms. The lowest BCUT2D eigenvalue weighted by Crippen LogP contribution is -2.40. The van der Waals surface area contributed by atoms with Gasteiger partial charge in [-0.25, -0.2) is 9.79 Å². The molecule has 2 aromatic heterocycles. The fourth-order valence-electron chi connectivity index (χ4n) is 6.02. The summed E-state index contributed by atoms with van der Waals surface area (Å²) in [7, 11) is 0. The first-order chi connectivity index (χ1) is 21.0. The summed E-state index contributed by atoms with van der Waals surface area (Å²) in [5.74, 6) is -0.458. The average molecular weight is 584 g/mol. The first kappa shape index (κ1) is 26.9. The van der Waals surface area contributed by atoms with Gasteiger partial charge in [0.05, 0.1) is 28.5 Å². The molecule has 6 aromatic rings. The number of aromatic nitrogens is 2. The van der Waals surface area contributed by atoms with E-state index >= 15 is 0 Å². The first-order valence-electron chi connectivity index (χ1n) is 14.3. The maximum atomic E-state index is 14.3. The molecule has 0 N–H and O–H groups in total. The Morgan fingerprint density at radius 1 is 0.930 bits per heavy atom. The molecule has 43 heavy (non-hydrogen) atoms. The molecule has 6 nitrogen and oxygen atoms in total. The Morgan fingerprint density at radius 2 is 1.65 bits per heavy atom. The normalized spacial score (nSPS) is 15.1. The van der Waals surface area contributed by atoms with Crippen LogP contribution in [0.1, 0.15) is 36.6 Å². The SMILES string of the molecule is CCOC(=O)C1=C(C)N=c2s/c(=C\c3cn(Cc4ccccc4)c4ccccc34)c(=O)n2C1c1cccc2ccccc12. The summed E-state index contributed by atoms with van der Waals surface area (Å²) in [6, 6.07) is 31.9. The molecule has 1 unspecified atom stereocenters. The maximum Gasteiger partial charge on any atom is 0.338 e. The topological polar surface area (TPSA) is 65.6 Å². The number of benzene rings is 4. The third-order valence-electron chi connectivity index (χ3n) is 7.94. The van der Waals surface area contributed by atoms with Gasteiger partial charge >= 0.3 is 5.97 Å². The number of allylic oxidation sites excluding steroid dienone is 1. The zero-order chi connectivity index (χ0) is 29.5. The Kier molecular flexibility index (Phi) is 6.87. The molecule has 212 valence electrons. The number of carbonyl (C=O) groups is 1. The van der Waals surface area contributed by atoms with Crippen molar-refractivity contribution in [1.29, 1.82) is 0 Å². The van der Waals surface area contributed by atoms with Crippen molar-refractivity contribution in [2.45, 2.75) is 26.4 Å². The summed E-state index contributed by atoms with van der Waals surface area (Å²) in [4.78, 5) is 33.0. The number of esters is 1. The second-order valence-corrected chi connectivity index (χ2v) is 11.6. The lowest BCUT2D eigenvalue weighted by atomic mass is 9.91. The van der Waals surface area contributed by atoms with Gasteiger partial charge in [0.1, 0.15) is 0 Å². The van der Waals surface area contributed by atoms with Gasteiger partial charge in [0.15, 0.2) is 4.80 Å². The van der Waals surface area contributed by atoms with Crippen LogP contribution < -0.4 is 14.9 Å².